The van der Waals surface area contributed by atoms with Crippen LogP contribution in [0.3, 0.4) is 0 Å². The number of rotatable bonds is 4. The summed E-state index contributed by atoms with van der Waals surface area (Å²) < 4.78 is 0. The molecule has 1 spiro atoms. The van der Waals surface area contributed by atoms with Gasteiger partial charge in [0, 0.05) is 38.1 Å². The standard InChI is InChI=1S/C30H33N3O/c1-23-9-3-6-14-28(23)31-21-24(2)32-19-16-30(17-20-32)15-8-18-33(29(30)34)22-26-12-7-11-25-10-4-5-13-27(25)26/h3-7,9-14,21H,1,8,15-20,22H2,2H3/b24-21+,31-28?. The van der Waals surface area contributed by atoms with E-state index < -0.39 is 0 Å². The number of fused-ring (bicyclic) bond motifs is 1. The average Bonchev–Trinajstić information content (AvgIpc) is 2.87. The van der Waals surface area contributed by atoms with Gasteiger partial charge in [0.15, 0.2) is 0 Å². The monoisotopic (exact) mass is 451 g/mol. The molecule has 0 aromatic heterocycles. The molecule has 2 aliphatic heterocycles. The second-order valence-corrected chi connectivity index (χ2v) is 9.76. The Balaban J connectivity index is 1.26. The van der Waals surface area contributed by atoms with Crippen LogP contribution in [0.15, 0.2) is 95.8 Å². The normalized spacial score (nSPS) is 21.8. The first-order valence-electron chi connectivity index (χ1n) is 12.4. The number of aliphatic imine (C=N–C) groups is 1. The number of benzene rings is 2. The average molecular weight is 452 g/mol. The molecule has 3 aliphatic rings. The molecule has 0 unspecified atom stereocenters. The van der Waals surface area contributed by atoms with Crippen LogP contribution in [0.4, 0.5) is 0 Å². The van der Waals surface area contributed by atoms with Gasteiger partial charge in [0.1, 0.15) is 0 Å². The van der Waals surface area contributed by atoms with Crippen molar-refractivity contribution in [3.05, 3.63) is 96.4 Å². The lowest BCUT2D eigenvalue weighted by molar-refractivity contribution is -0.150. The van der Waals surface area contributed by atoms with Crippen LogP contribution >= 0.6 is 0 Å². The SMILES string of the molecule is C=C1C=CC=CC1=N/C=C(\C)N1CCC2(CCCN(Cc3cccc4ccccc34)C2=O)CC1. The molecule has 4 nitrogen and oxygen atoms in total. The Kier molecular flexibility index (Phi) is 6.23. The fourth-order valence-electron chi connectivity index (χ4n) is 5.57. The maximum absolute atomic E-state index is 13.7. The zero-order valence-corrected chi connectivity index (χ0v) is 20.0. The lowest BCUT2D eigenvalue weighted by atomic mass is 9.71. The van der Waals surface area contributed by atoms with Crippen molar-refractivity contribution in [1.29, 1.82) is 0 Å². The van der Waals surface area contributed by atoms with Gasteiger partial charge in [0.05, 0.1) is 11.1 Å². The lowest BCUT2D eigenvalue weighted by Gasteiger charge is -2.47. The van der Waals surface area contributed by atoms with E-state index in [0.717, 1.165) is 62.3 Å². The summed E-state index contributed by atoms with van der Waals surface area (Å²) in [5.74, 6) is 0.351. The summed E-state index contributed by atoms with van der Waals surface area (Å²) in [7, 11) is 0. The number of allylic oxidation sites excluding steroid dienone is 6. The van der Waals surface area contributed by atoms with Crippen molar-refractivity contribution in [3.63, 3.8) is 0 Å². The predicted octanol–water partition coefficient (Wildman–Crippen LogP) is 6.03. The first kappa shape index (κ1) is 22.4. The molecule has 4 heteroatoms. The predicted molar refractivity (Wildman–Crippen MR) is 140 cm³/mol. The molecule has 2 aromatic carbocycles. The molecular weight excluding hydrogens is 418 g/mol. The van der Waals surface area contributed by atoms with Crippen LogP contribution in [-0.4, -0.2) is 41.1 Å². The Bertz CT molecular complexity index is 1220. The number of carbonyl (C=O) groups excluding carboxylic acids is 1. The maximum atomic E-state index is 13.7. The van der Waals surface area contributed by atoms with Gasteiger partial charge in [-0.2, -0.15) is 0 Å². The van der Waals surface area contributed by atoms with Crippen LogP contribution in [0, 0.1) is 5.41 Å². The number of piperidine rings is 2. The van der Waals surface area contributed by atoms with Gasteiger partial charge in [-0.1, -0.05) is 67.3 Å². The summed E-state index contributed by atoms with van der Waals surface area (Å²) in [6.45, 7) is 9.53. The number of nitrogens with zero attached hydrogens (tertiary/aromatic N) is 3. The minimum Gasteiger partial charge on any atom is -0.374 e. The van der Waals surface area contributed by atoms with E-state index in [2.05, 4.69) is 70.8 Å². The smallest absolute Gasteiger partial charge is 0.229 e. The number of amides is 1. The minimum atomic E-state index is -0.212. The van der Waals surface area contributed by atoms with Gasteiger partial charge in [0.25, 0.3) is 0 Å². The van der Waals surface area contributed by atoms with Crippen LogP contribution < -0.4 is 0 Å². The highest BCUT2D eigenvalue weighted by molar-refractivity contribution is 6.11. The van der Waals surface area contributed by atoms with Crippen molar-refractivity contribution in [2.45, 2.75) is 39.2 Å². The van der Waals surface area contributed by atoms with Gasteiger partial charge in [-0.05, 0) is 60.6 Å². The Morgan fingerprint density at radius 1 is 1.03 bits per heavy atom. The van der Waals surface area contributed by atoms with E-state index in [1.54, 1.807) is 0 Å². The maximum Gasteiger partial charge on any atom is 0.229 e. The highest BCUT2D eigenvalue weighted by Crippen LogP contribution is 2.42. The lowest BCUT2D eigenvalue weighted by Crippen LogP contribution is -2.53. The molecular formula is C30H33N3O. The van der Waals surface area contributed by atoms with Crippen LogP contribution in [0.5, 0.6) is 0 Å². The number of hydrogen-bond donors (Lipinski definition) is 0. The molecule has 2 fully saturated rings. The molecule has 2 aromatic rings. The van der Waals surface area contributed by atoms with Gasteiger partial charge in [-0.3, -0.25) is 9.79 Å². The minimum absolute atomic E-state index is 0.212. The van der Waals surface area contributed by atoms with Crippen LogP contribution in [-0.2, 0) is 11.3 Å². The van der Waals surface area contributed by atoms with Gasteiger partial charge in [0.2, 0.25) is 5.91 Å². The molecule has 1 amide bonds. The van der Waals surface area contributed by atoms with Crippen LogP contribution in [0.2, 0.25) is 0 Å². The van der Waals surface area contributed by atoms with E-state index in [4.69, 9.17) is 0 Å². The first-order chi connectivity index (χ1) is 16.6. The molecule has 1 aliphatic carbocycles. The zero-order valence-electron chi connectivity index (χ0n) is 20.0. The fraction of sp³-hybridized carbons (Fsp3) is 0.333. The Hall–Kier alpha value is -3.40. The number of hydrogen-bond acceptors (Lipinski definition) is 3. The molecule has 5 rings (SSSR count). The molecule has 0 bridgehead atoms. The summed E-state index contributed by atoms with van der Waals surface area (Å²) in [6, 6.07) is 14.9. The third kappa shape index (κ3) is 4.37. The molecule has 2 heterocycles. The van der Waals surface area contributed by atoms with Crippen molar-refractivity contribution in [3.8, 4) is 0 Å². The van der Waals surface area contributed by atoms with Gasteiger partial charge in [-0.15, -0.1) is 0 Å². The molecule has 2 saturated heterocycles. The third-order valence-corrected chi connectivity index (χ3v) is 7.67. The quantitative estimate of drug-likeness (QED) is 0.569. The fourth-order valence-corrected chi connectivity index (χ4v) is 5.57. The second kappa shape index (κ2) is 9.46. The van der Waals surface area contributed by atoms with Crippen molar-refractivity contribution >= 4 is 22.4 Å². The van der Waals surface area contributed by atoms with Crippen molar-refractivity contribution < 1.29 is 4.79 Å². The Morgan fingerprint density at radius 2 is 1.79 bits per heavy atom. The zero-order chi connectivity index (χ0) is 23.5. The van der Waals surface area contributed by atoms with E-state index in [1.807, 2.05) is 30.5 Å². The van der Waals surface area contributed by atoms with Crippen molar-refractivity contribution in [1.82, 2.24) is 9.80 Å². The van der Waals surface area contributed by atoms with Crippen LogP contribution in [0.25, 0.3) is 10.8 Å². The molecule has 0 radical (unpaired) electrons. The largest absolute Gasteiger partial charge is 0.374 e. The number of likely N-dealkylation sites (tertiary alicyclic amines) is 2. The van der Waals surface area contributed by atoms with E-state index >= 15 is 0 Å². The summed E-state index contributed by atoms with van der Waals surface area (Å²) in [6.07, 6.45) is 13.8. The molecule has 34 heavy (non-hydrogen) atoms. The highest BCUT2D eigenvalue weighted by Gasteiger charge is 2.45. The van der Waals surface area contributed by atoms with E-state index in [9.17, 15) is 4.79 Å². The topological polar surface area (TPSA) is 35.9 Å². The van der Waals surface area contributed by atoms with Crippen molar-refractivity contribution in [2.24, 2.45) is 10.4 Å². The van der Waals surface area contributed by atoms with E-state index in [1.165, 1.54) is 16.3 Å². The second-order valence-electron chi connectivity index (χ2n) is 9.76. The van der Waals surface area contributed by atoms with E-state index in [0.29, 0.717) is 12.5 Å². The van der Waals surface area contributed by atoms with Gasteiger partial charge >= 0.3 is 0 Å². The van der Waals surface area contributed by atoms with Crippen molar-refractivity contribution in [2.75, 3.05) is 19.6 Å². The summed E-state index contributed by atoms with van der Waals surface area (Å²) >= 11 is 0. The van der Waals surface area contributed by atoms with E-state index in [-0.39, 0.29) is 5.41 Å². The summed E-state index contributed by atoms with van der Waals surface area (Å²) in [4.78, 5) is 22.9. The Labute approximate surface area is 202 Å². The first-order valence-corrected chi connectivity index (χ1v) is 12.4. The molecule has 0 N–H and O–H groups in total. The Morgan fingerprint density at radius 3 is 2.62 bits per heavy atom. The molecule has 0 atom stereocenters. The number of carbonyl (C=O) groups is 1. The molecule has 0 saturated carbocycles. The summed E-state index contributed by atoms with van der Waals surface area (Å²) in [5, 5.41) is 2.49. The van der Waals surface area contributed by atoms with Crippen LogP contribution in [0.1, 0.15) is 38.2 Å². The van der Waals surface area contributed by atoms with Gasteiger partial charge in [-0.25, -0.2) is 0 Å². The highest BCUT2D eigenvalue weighted by atomic mass is 16.2. The van der Waals surface area contributed by atoms with Gasteiger partial charge < -0.3 is 9.80 Å². The molecule has 174 valence electrons. The third-order valence-electron chi connectivity index (χ3n) is 7.67. The summed E-state index contributed by atoms with van der Waals surface area (Å²) in [5.41, 5.74) is 4.02.